The van der Waals surface area contributed by atoms with Crippen molar-refractivity contribution in [3.63, 3.8) is 0 Å². The van der Waals surface area contributed by atoms with Crippen LogP contribution in [0.5, 0.6) is 0 Å². The Morgan fingerprint density at radius 3 is 2.44 bits per heavy atom. The maximum atomic E-state index is 12.4. The van der Waals surface area contributed by atoms with Crippen LogP contribution in [-0.4, -0.2) is 43.2 Å². The van der Waals surface area contributed by atoms with Gasteiger partial charge in [-0.1, -0.05) is 12.1 Å². The van der Waals surface area contributed by atoms with E-state index >= 15 is 0 Å². The van der Waals surface area contributed by atoms with Crippen LogP contribution in [0.4, 0.5) is 5.13 Å². The van der Waals surface area contributed by atoms with E-state index in [0.29, 0.717) is 22.0 Å². The Balaban J connectivity index is 1.62. The maximum Gasteiger partial charge on any atom is 0.253 e. The fraction of sp³-hybridized carbons (Fsp3) is 0.389. The molecule has 0 unspecified atom stereocenters. The van der Waals surface area contributed by atoms with Gasteiger partial charge in [0.25, 0.3) is 5.91 Å². The number of hydrogen-bond donors (Lipinski definition) is 1. The highest BCUT2D eigenvalue weighted by Gasteiger charge is 2.20. The van der Waals surface area contributed by atoms with Gasteiger partial charge in [-0.05, 0) is 30.5 Å². The van der Waals surface area contributed by atoms with Crippen LogP contribution in [-0.2, 0) is 26.1 Å². The summed E-state index contributed by atoms with van der Waals surface area (Å²) < 4.78 is 24.9. The van der Waals surface area contributed by atoms with E-state index in [1.165, 1.54) is 18.3 Å². The predicted octanol–water partition coefficient (Wildman–Crippen LogP) is 2.45. The zero-order chi connectivity index (χ0) is 19.4. The monoisotopic (exact) mass is 407 g/mol. The molecule has 0 radical (unpaired) electrons. The van der Waals surface area contributed by atoms with E-state index in [0.717, 1.165) is 25.9 Å². The molecular formula is C18H21N3O4S2. The van der Waals surface area contributed by atoms with Crippen LogP contribution in [0.1, 0.15) is 41.4 Å². The topological polar surface area (TPSA) is 96.4 Å². The predicted molar refractivity (Wildman–Crippen MR) is 104 cm³/mol. The third-order valence-corrected chi connectivity index (χ3v) is 6.50. The lowest BCUT2D eigenvalue weighted by molar-refractivity contribution is -0.114. The summed E-state index contributed by atoms with van der Waals surface area (Å²) in [5, 5.41) is 4.55. The smallest absolute Gasteiger partial charge is 0.253 e. The fourth-order valence-corrected chi connectivity index (χ4v) is 5.22. The van der Waals surface area contributed by atoms with Crippen molar-refractivity contribution < 1.29 is 18.0 Å². The Kier molecular flexibility index (Phi) is 5.91. The van der Waals surface area contributed by atoms with E-state index in [1.54, 1.807) is 29.6 Å². The van der Waals surface area contributed by atoms with Crippen molar-refractivity contribution in [2.45, 2.75) is 31.3 Å². The number of aromatic nitrogens is 1. The number of amides is 2. The van der Waals surface area contributed by atoms with Crippen LogP contribution in [0.2, 0.25) is 0 Å². The molecule has 1 N–H and O–H groups in total. The normalized spacial score (nSPS) is 14.3. The lowest BCUT2D eigenvalue weighted by Gasteiger charge is -2.15. The van der Waals surface area contributed by atoms with Gasteiger partial charge in [0, 0.05) is 31.0 Å². The minimum Gasteiger partial charge on any atom is -0.339 e. The molecule has 0 bridgehead atoms. The minimum atomic E-state index is -3.42. The largest absolute Gasteiger partial charge is 0.339 e. The van der Waals surface area contributed by atoms with Crippen molar-refractivity contribution in [2.24, 2.45) is 0 Å². The lowest BCUT2D eigenvalue weighted by atomic mass is 10.1. The van der Waals surface area contributed by atoms with Crippen molar-refractivity contribution in [1.82, 2.24) is 9.88 Å². The zero-order valence-electron chi connectivity index (χ0n) is 15.0. The average molecular weight is 408 g/mol. The summed E-state index contributed by atoms with van der Waals surface area (Å²) in [5.74, 6) is -0.576. The first-order valence-electron chi connectivity index (χ1n) is 8.63. The van der Waals surface area contributed by atoms with Crippen molar-refractivity contribution >= 4 is 38.1 Å². The number of nitrogens with one attached hydrogen (secondary N) is 1. The van der Waals surface area contributed by atoms with E-state index in [2.05, 4.69) is 10.3 Å². The molecule has 3 rings (SSSR count). The Morgan fingerprint density at radius 2 is 1.81 bits per heavy atom. The highest BCUT2D eigenvalue weighted by molar-refractivity contribution is 7.89. The molecule has 0 atom stereocenters. The second-order valence-electron chi connectivity index (χ2n) is 6.55. The summed E-state index contributed by atoms with van der Waals surface area (Å²) >= 11 is 1.19. The molecule has 27 heavy (non-hydrogen) atoms. The zero-order valence-corrected chi connectivity index (χ0v) is 16.6. The summed E-state index contributed by atoms with van der Waals surface area (Å²) in [6.45, 7) is 2.93. The van der Waals surface area contributed by atoms with Crippen LogP contribution in [0, 0.1) is 0 Å². The van der Waals surface area contributed by atoms with Gasteiger partial charge >= 0.3 is 0 Å². The SMILES string of the molecule is CC(=O)Nc1nc(CS(=O)(=O)Cc2ccc(C(=O)N3CCCC3)cc2)cs1. The van der Waals surface area contributed by atoms with Crippen LogP contribution in [0.3, 0.4) is 0 Å². The van der Waals surface area contributed by atoms with Crippen molar-refractivity contribution in [2.75, 3.05) is 18.4 Å². The number of anilines is 1. The number of nitrogens with zero attached hydrogens (tertiary/aromatic N) is 2. The number of carbonyl (C=O) groups excluding carboxylic acids is 2. The molecule has 9 heteroatoms. The van der Waals surface area contributed by atoms with Crippen LogP contribution < -0.4 is 5.32 Å². The molecule has 0 saturated carbocycles. The van der Waals surface area contributed by atoms with E-state index in [1.807, 2.05) is 4.90 Å². The number of carbonyl (C=O) groups is 2. The van der Waals surface area contributed by atoms with Crippen molar-refractivity contribution in [3.8, 4) is 0 Å². The maximum absolute atomic E-state index is 12.4. The van der Waals surface area contributed by atoms with E-state index in [-0.39, 0.29) is 23.3 Å². The van der Waals surface area contributed by atoms with Crippen molar-refractivity contribution in [1.29, 1.82) is 0 Å². The summed E-state index contributed by atoms with van der Waals surface area (Å²) in [6, 6.07) is 6.74. The molecule has 1 saturated heterocycles. The van der Waals surface area contributed by atoms with E-state index in [9.17, 15) is 18.0 Å². The molecule has 1 aliphatic heterocycles. The summed E-state index contributed by atoms with van der Waals surface area (Å²) in [4.78, 5) is 29.3. The molecule has 0 aliphatic carbocycles. The molecule has 1 fully saturated rings. The van der Waals surface area contributed by atoms with Crippen molar-refractivity contribution in [3.05, 3.63) is 46.5 Å². The first kappa shape index (κ1) is 19.5. The molecule has 7 nitrogen and oxygen atoms in total. The van der Waals surface area contributed by atoms with Crippen LogP contribution >= 0.6 is 11.3 Å². The minimum absolute atomic E-state index is 0.00474. The molecule has 1 aromatic carbocycles. The Hall–Kier alpha value is -2.26. The molecule has 1 aromatic heterocycles. The number of hydrogen-bond acceptors (Lipinski definition) is 6. The number of rotatable bonds is 6. The van der Waals surface area contributed by atoms with Crippen LogP contribution in [0.25, 0.3) is 0 Å². The quantitative estimate of drug-likeness (QED) is 0.793. The first-order chi connectivity index (χ1) is 12.8. The number of thiazole rings is 1. The average Bonchev–Trinajstić information content (AvgIpc) is 3.26. The molecule has 2 aromatic rings. The lowest BCUT2D eigenvalue weighted by Crippen LogP contribution is -2.27. The Morgan fingerprint density at radius 1 is 1.15 bits per heavy atom. The molecule has 144 valence electrons. The highest BCUT2D eigenvalue weighted by atomic mass is 32.2. The van der Waals surface area contributed by atoms with Gasteiger partial charge in [-0.15, -0.1) is 11.3 Å². The van der Waals surface area contributed by atoms with Gasteiger partial charge in [0.2, 0.25) is 5.91 Å². The number of likely N-dealkylation sites (tertiary alicyclic amines) is 1. The van der Waals surface area contributed by atoms with E-state index in [4.69, 9.17) is 0 Å². The fourth-order valence-electron chi connectivity index (χ4n) is 2.96. The van der Waals surface area contributed by atoms with Crippen LogP contribution in [0.15, 0.2) is 29.6 Å². The van der Waals surface area contributed by atoms with E-state index < -0.39 is 9.84 Å². The summed E-state index contributed by atoms with van der Waals surface area (Å²) in [5.41, 5.74) is 1.62. The molecule has 2 amide bonds. The third-order valence-electron chi connectivity index (χ3n) is 4.18. The number of benzene rings is 1. The van der Waals surface area contributed by atoms with Gasteiger partial charge in [0.15, 0.2) is 15.0 Å². The van der Waals surface area contributed by atoms with Gasteiger partial charge in [-0.3, -0.25) is 9.59 Å². The van der Waals surface area contributed by atoms with Gasteiger partial charge < -0.3 is 10.2 Å². The number of sulfone groups is 1. The Bertz CT molecular complexity index is 930. The highest BCUT2D eigenvalue weighted by Crippen LogP contribution is 2.20. The first-order valence-corrected chi connectivity index (χ1v) is 11.3. The summed E-state index contributed by atoms with van der Waals surface area (Å²) in [7, 11) is -3.42. The summed E-state index contributed by atoms with van der Waals surface area (Å²) in [6.07, 6.45) is 2.06. The molecular weight excluding hydrogens is 386 g/mol. The molecule has 1 aliphatic rings. The third kappa shape index (κ3) is 5.36. The van der Waals surface area contributed by atoms with Gasteiger partial charge in [-0.2, -0.15) is 0 Å². The second-order valence-corrected chi connectivity index (χ2v) is 9.48. The van der Waals surface area contributed by atoms with Gasteiger partial charge in [0.05, 0.1) is 17.2 Å². The molecule has 2 heterocycles. The molecule has 0 spiro atoms. The van der Waals surface area contributed by atoms with Gasteiger partial charge in [-0.25, -0.2) is 13.4 Å². The second kappa shape index (κ2) is 8.18. The van der Waals surface area contributed by atoms with Gasteiger partial charge in [0.1, 0.15) is 0 Å². The Labute approximate surface area is 162 Å². The standard InChI is InChI=1S/C18H21N3O4S2/c1-13(22)19-18-20-16(10-26-18)12-27(24,25)11-14-4-6-15(7-5-14)17(23)21-8-2-3-9-21/h4-7,10H,2-3,8-9,11-12H2,1H3,(H,19,20,22).